The van der Waals surface area contributed by atoms with Gasteiger partial charge in [0.25, 0.3) is 0 Å². The van der Waals surface area contributed by atoms with Crippen LogP contribution in [0.3, 0.4) is 0 Å². The Bertz CT molecular complexity index is 236. The van der Waals surface area contributed by atoms with E-state index >= 15 is 0 Å². The molecule has 1 rings (SSSR count). The Morgan fingerprint density at radius 3 is 2.44 bits per heavy atom. The monoisotopic (exact) mass is 224 g/mol. The zero-order valence-electron chi connectivity index (χ0n) is 10.8. The summed E-state index contributed by atoms with van der Waals surface area (Å²) in [6.07, 6.45) is 1.90. The van der Waals surface area contributed by atoms with Gasteiger partial charge >= 0.3 is 0 Å². The Morgan fingerprint density at radius 1 is 1.38 bits per heavy atom. The molecule has 0 amide bonds. The summed E-state index contributed by atoms with van der Waals surface area (Å²) < 4.78 is 0. The first-order valence-corrected chi connectivity index (χ1v) is 6.15. The van der Waals surface area contributed by atoms with Crippen LogP contribution < -0.4 is 5.32 Å². The standard InChI is InChI=1S/C12H24N4/c1-4-16-8-5-12(11-13,6-9-16)14-7-10-15(2)3/h14H,4-10H2,1-3H3. The number of nitrogens with zero attached hydrogens (tertiary/aromatic N) is 3. The molecule has 0 radical (unpaired) electrons. The first kappa shape index (κ1) is 13.4. The molecule has 0 bridgehead atoms. The first-order valence-electron chi connectivity index (χ1n) is 6.15. The molecule has 1 saturated heterocycles. The van der Waals surface area contributed by atoms with E-state index in [9.17, 15) is 5.26 Å². The molecule has 0 aromatic carbocycles. The second-order valence-corrected chi connectivity index (χ2v) is 4.86. The van der Waals surface area contributed by atoms with Gasteiger partial charge in [-0.25, -0.2) is 0 Å². The first-order chi connectivity index (χ1) is 7.62. The predicted octanol–water partition coefficient (Wildman–Crippen LogP) is 0.516. The van der Waals surface area contributed by atoms with E-state index < -0.39 is 0 Å². The van der Waals surface area contributed by atoms with Crippen LogP contribution in [0.2, 0.25) is 0 Å². The normalized spacial score (nSPS) is 20.9. The lowest BCUT2D eigenvalue weighted by atomic mass is 9.89. The molecule has 1 heterocycles. The van der Waals surface area contributed by atoms with Gasteiger partial charge in [0.2, 0.25) is 0 Å². The molecule has 0 spiro atoms. The highest BCUT2D eigenvalue weighted by Gasteiger charge is 2.33. The SMILES string of the molecule is CCN1CCC(C#N)(NCCN(C)C)CC1. The van der Waals surface area contributed by atoms with Crippen molar-refractivity contribution in [3.63, 3.8) is 0 Å². The van der Waals surface area contributed by atoms with Crippen molar-refractivity contribution in [2.24, 2.45) is 0 Å². The fourth-order valence-corrected chi connectivity index (χ4v) is 2.10. The van der Waals surface area contributed by atoms with Gasteiger partial charge in [0.15, 0.2) is 0 Å². The Labute approximate surface area is 99.2 Å². The zero-order chi connectivity index (χ0) is 12.0. The zero-order valence-corrected chi connectivity index (χ0v) is 10.8. The lowest BCUT2D eigenvalue weighted by Crippen LogP contribution is -2.53. The predicted molar refractivity (Wildman–Crippen MR) is 66.2 cm³/mol. The minimum atomic E-state index is -0.276. The van der Waals surface area contributed by atoms with E-state index in [0.717, 1.165) is 45.6 Å². The molecule has 4 heteroatoms. The third-order valence-electron chi connectivity index (χ3n) is 3.39. The van der Waals surface area contributed by atoms with E-state index in [1.165, 1.54) is 0 Å². The van der Waals surface area contributed by atoms with Crippen LogP contribution >= 0.6 is 0 Å². The Morgan fingerprint density at radius 2 is 2.00 bits per heavy atom. The van der Waals surface area contributed by atoms with Gasteiger partial charge in [-0.3, -0.25) is 5.32 Å². The van der Waals surface area contributed by atoms with E-state index in [1.807, 2.05) is 0 Å². The second-order valence-electron chi connectivity index (χ2n) is 4.86. The van der Waals surface area contributed by atoms with Crippen molar-refractivity contribution < 1.29 is 0 Å². The van der Waals surface area contributed by atoms with Gasteiger partial charge < -0.3 is 9.80 Å². The fourth-order valence-electron chi connectivity index (χ4n) is 2.10. The minimum Gasteiger partial charge on any atom is -0.308 e. The molecule has 0 atom stereocenters. The summed E-state index contributed by atoms with van der Waals surface area (Å²) in [6.45, 7) is 7.24. The van der Waals surface area contributed by atoms with Crippen LogP contribution in [0.15, 0.2) is 0 Å². The highest BCUT2D eigenvalue weighted by molar-refractivity contribution is 5.09. The molecule has 0 aromatic heterocycles. The van der Waals surface area contributed by atoms with Crippen LogP contribution in [0.1, 0.15) is 19.8 Å². The summed E-state index contributed by atoms with van der Waals surface area (Å²) in [5, 5.41) is 12.8. The van der Waals surface area contributed by atoms with Crippen molar-refractivity contribution >= 4 is 0 Å². The average molecular weight is 224 g/mol. The van der Waals surface area contributed by atoms with E-state index in [4.69, 9.17) is 0 Å². The van der Waals surface area contributed by atoms with Gasteiger partial charge in [-0.2, -0.15) is 5.26 Å². The van der Waals surface area contributed by atoms with Crippen LogP contribution in [0.25, 0.3) is 0 Å². The maximum atomic E-state index is 9.32. The van der Waals surface area contributed by atoms with Crippen molar-refractivity contribution in [2.75, 3.05) is 46.8 Å². The number of nitriles is 1. The molecule has 1 fully saturated rings. The Kier molecular flexibility index (Phi) is 5.20. The molecular weight excluding hydrogens is 200 g/mol. The second kappa shape index (κ2) is 6.19. The summed E-state index contributed by atoms with van der Waals surface area (Å²) in [5.41, 5.74) is -0.276. The van der Waals surface area contributed by atoms with Crippen LogP contribution in [-0.2, 0) is 0 Å². The van der Waals surface area contributed by atoms with Crippen molar-refractivity contribution in [1.82, 2.24) is 15.1 Å². The summed E-state index contributed by atoms with van der Waals surface area (Å²) in [7, 11) is 4.11. The van der Waals surface area contributed by atoms with Crippen molar-refractivity contribution in [2.45, 2.75) is 25.3 Å². The number of hydrogen-bond acceptors (Lipinski definition) is 4. The number of hydrogen-bond donors (Lipinski definition) is 1. The van der Waals surface area contributed by atoms with E-state index in [1.54, 1.807) is 0 Å². The van der Waals surface area contributed by atoms with Gasteiger partial charge in [-0.05, 0) is 33.5 Å². The maximum absolute atomic E-state index is 9.32. The lowest BCUT2D eigenvalue weighted by molar-refractivity contribution is 0.171. The number of likely N-dealkylation sites (tertiary alicyclic amines) is 1. The summed E-state index contributed by atoms with van der Waals surface area (Å²) in [4.78, 5) is 4.54. The number of piperidine rings is 1. The number of rotatable bonds is 5. The molecule has 0 aromatic rings. The highest BCUT2D eigenvalue weighted by atomic mass is 15.2. The maximum Gasteiger partial charge on any atom is 0.109 e. The largest absolute Gasteiger partial charge is 0.308 e. The average Bonchev–Trinajstić information content (AvgIpc) is 2.29. The summed E-state index contributed by atoms with van der Waals surface area (Å²) in [6, 6.07) is 2.48. The molecule has 1 aliphatic rings. The highest BCUT2D eigenvalue weighted by Crippen LogP contribution is 2.21. The Hall–Kier alpha value is -0.630. The fraction of sp³-hybridized carbons (Fsp3) is 0.917. The topological polar surface area (TPSA) is 42.3 Å². The smallest absolute Gasteiger partial charge is 0.109 e. The molecule has 1 aliphatic heterocycles. The summed E-state index contributed by atoms with van der Waals surface area (Å²) >= 11 is 0. The van der Waals surface area contributed by atoms with Crippen molar-refractivity contribution in [3.8, 4) is 6.07 Å². The van der Waals surface area contributed by atoms with Gasteiger partial charge in [0, 0.05) is 26.2 Å². The molecule has 16 heavy (non-hydrogen) atoms. The van der Waals surface area contributed by atoms with Gasteiger partial charge in [-0.15, -0.1) is 0 Å². The third kappa shape index (κ3) is 3.75. The molecule has 0 unspecified atom stereocenters. The van der Waals surface area contributed by atoms with Crippen LogP contribution in [-0.4, -0.2) is 62.2 Å². The van der Waals surface area contributed by atoms with Crippen molar-refractivity contribution in [1.29, 1.82) is 5.26 Å². The minimum absolute atomic E-state index is 0.276. The Balaban J connectivity index is 2.38. The van der Waals surface area contributed by atoms with Crippen molar-refractivity contribution in [3.05, 3.63) is 0 Å². The molecule has 4 nitrogen and oxygen atoms in total. The van der Waals surface area contributed by atoms with Crippen LogP contribution in [0.4, 0.5) is 0 Å². The molecule has 0 aliphatic carbocycles. The van der Waals surface area contributed by atoms with Gasteiger partial charge in [-0.1, -0.05) is 6.92 Å². The van der Waals surface area contributed by atoms with Crippen LogP contribution in [0, 0.1) is 11.3 Å². The number of likely N-dealkylation sites (N-methyl/N-ethyl adjacent to an activating group) is 1. The van der Waals surface area contributed by atoms with Gasteiger partial charge in [0.05, 0.1) is 6.07 Å². The van der Waals surface area contributed by atoms with Gasteiger partial charge in [0.1, 0.15) is 5.54 Å². The van der Waals surface area contributed by atoms with E-state index in [0.29, 0.717) is 0 Å². The quantitative estimate of drug-likeness (QED) is 0.739. The molecule has 92 valence electrons. The van der Waals surface area contributed by atoms with E-state index in [2.05, 4.69) is 42.2 Å². The van der Waals surface area contributed by atoms with E-state index in [-0.39, 0.29) is 5.54 Å². The third-order valence-corrected chi connectivity index (χ3v) is 3.39. The lowest BCUT2D eigenvalue weighted by Gasteiger charge is -2.37. The molecule has 1 N–H and O–H groups in total. The molecular formula is C12H24N4. The summed E-state index contributed by atoms with van der Waals surface area (Å²) in [5.74, 6) is 0. The van der Waals surface area contributed by atoms with Crippen LogP contribution in [0.5, 0.6) is 0 Å². The molecule has 0 saturated carbocycles. The number of nitrogens with one attached hydrogen (secondary N) is 1.